The van der Waals surface area contributed by atoms with E-state index in [1.54, 1.807) is 15.9 Å². The molecule has 162 valence electrons. The van der Waals surface area contributed by atoms with E-state index >= 15 is 0 Å². The van der Waals surface area contributed by atoms with Crippen molar-refractivity contribution in [3.8, 4) is 0 Å². The van der Waals surface area contributed by atoms with E-state index in [9.17, 15) is 14.0 Å². The minimum absolute atomic E-state index is 0.0568. The Hall–Kier alpha value is -3.15. The van der Waals surface area contributed by atoms with Crippen molar-refractivity contribution < 1.29 is 14.0 Å². The average Bonchev–Trinajstić information content (AvgIpc) is 3.08. The van der Waals surface area contributed by atoms with E-state index in [0.29, 0.717) is 38.9 Å². The number of aryl methyl sites for hydroxylation is 1. The minimum Gasteiger partial charge on any atom is -0.357 e. The number of nitrogens with one attached hydrogen (secondary N) is 1. The van der Waals surface area contributed by atoms with Crippen LogP contribution in [0.25, 0.3) is 10.9 Å². The van der Waals surface area contributed by atoms with Gasteiger partial charge < -0.3 is 14.8 Å². The summed E-state index contributed by atoms with van der Waals surface area (Å²) >= 11 is 0. The molecule has 0 bridgehead atoms. The molecule has 0 saturated carbocycles. The number of aromatic nitrogens is 1. The summed E-state index contributed by atoms with van der Waals surface area (Å²) in [6.07, 6.45) is 1.53. The standard InChI is InChI=1S/C25H28FN3O2/c1-17-21-8-3-4-9-22(21)27-23(17)16-28(2)25(31)19-10-11-24(30)29(15-19)13-12-18-6-5-7-20(26)14-18/h3-9,14,19,27H,10-13,15-16H2,1-2H3/t19-/m1/s1. The highest BCUT2D eigenvalue weighted by Gasteiger charge is 2.32. The number of para-hydroxylation sites is 1. The van der Waals surface area contributed by atoms with Crippen LogP contribution in [0.5, 0.6) is 0 Å². The Kier molecular flexibility index (Phi) is 6.07. The second-order valence-electron chi connectivity index (χ2n) is 8.42. The molecule has 1 aromatic heterocycles. The molecular weight excluding hydrogens is 393 g/mol. The molecule has 4 rings (SSSR count). The van der Waals surface area contributed by atoms with E-state index in [-0.39, 0.29) is 23.5 Å². The Labute approximate surface area is 181 Å². The lowest BCUT2D eigenvalue weighted by atomic mass is 9.95. The van der Waals surface area contributed by atoms with Gasteiger partial charge in [-0.3, -0.25) is 9.59 Å². The van der Waals surface area contributed by atoms with Gasteiger partial charge in [-0.2, -0.15) is 0 Å². The summed E-state index contributed by atoms with van der Waals surface area (Å²) in [6.45, 7) is 3.49. The van der Waals surface area contributed by atoms with E-state index in [4.69, 9.17) is 0 Å². The van der Waals surface area contributed by atoms with Crippen LogP contribution >= 0.6 is 0 Å². The molecule has 1 fully saturated rings. The minimum atomic E-state index is -0.274. The maximum Gasteiger partial charge on any atom is 0.227 e. The normalized spacial score (nSPS) is 16.7. The largest absolute Gasteiger partial charge is 0.357 e. The molecule has 1 saturated heterocycles. The molecule has 31 heavy (non-hydrogen) atoms. The van der Waals surface area contributed by atoms with Gasteiger partial charge in [0.1, 0.15) is 5.82 Å². The molecule has 2 heterocycles. The number of likely N-dealkylation sites (tertiary alicyclic amines) is 1. The lowest BCUT2D eigenvalue weighted by Crippen LogP contribution is -2.46. The number of aromatic amines is 1. The number of fused-ring (bicyclic) bond motifs is 1. The van der Waals surface area contributed by atoms with Gasteiger partial charge >= 0.3 is 0 Å². The van der Waals surface area contributed by atoms with E-state index in [1.165, 1.54) is 17.5 Å². The Morgan fingerprint density at radius 2 is 2.03 bits per heavy atom. The molecule has 0 unspecified atom stereocenters. The van der Waals surface area contributed by atoms with Crippen molar-refractivity contribution in [1.29, 1.82) is 0 Å². The van der Waals surface area contributed by atoms with Crippen LogP contribution in [0, 0.1) is 18.7 Å². The number of piperidine rings is 1. The second kappa shape index (κ2) is 8.92. The summed E-state index contributed by atoms with van der Waals surface area (Å²) in [5, 5.41) is 1.17. The first-order valence-electron chi connectivity index (χ1n) is 10.8. The van der Waals surface area contributed by atoms with E-state index in [2.05, 4.69) is 18.0 Å². The molecule has 1 N–H and O–H groups in total. The number of benzene rings is 2. The molecule has 1 aliphatic rings. The number of carbonyl (C=O) groups is 2. The van der Waals surface area contributed by atoms with Crippen LogP contribution in [0.2, 0.25) is 0 Å². The maximum atomic E-state index is 13.4. The van der Waals surface area contributed by atoms with Crippen LogP contribution in [0.15, 0.2) is 48.5 Å². The summed E-state index contributed by atoms with van der Waals surface area (Å²) in [5.74, 6) is -0.361. The van der Waals surface area contributed by atoms with Crippen molar-refractivity contribution in [3.05, 3.63) is 71.2 Å². The number of amides is 2. The monoisotopic (exact) mass is 421 g/mol. The maximum absolute atomic E-state index is 13.4. The van der Waals surface area contributed by atoms with Crippen molar-refractivity contribution in [3.63, 3.8) is 0 Å². The Morgan fingerprint density at radius 1 is 1.23 bits per heavy atom. The van der Waals surface area contributed by atoms with Gasteiger partial charge in [-0.25, -0.2) is 4.39 Å². The van der Waals surface area contributed by atoms with Gasteiger partial charge in [-0.05, 0) is 49.1 Å². The number of halogens is 1. The number of hydrogen-bond donors (Lipinski definition) is 1. The number of H-pyrrole nitrogens is 1. The van der Waals surface area contributed by atoms with Crippen molar-refractivity contribution in [2.75, 3.05) is 20.1 Å². The topological polar surface area (TPSA) is 56.4 Å². The summed E-state index contributed by atoms with van der Waals surface area (Å²) in [4.78, 5) is 32.4. The molecule has 0 aliphatic carbocycles. The molecule has 1 atom stereocenters. The molecule has 2 amide bonds. The third-order valence-corrected chi connectivity index (χ3v) is 6.25. The van der Waals surface area contributed by atoms with Crippen LogP contribution in [0.3, 0.4) is 0 Å². The number of rotatable bonds is 6. The predicted molar refractivity (Wildman–Crippen MR) is 119 cm³/mol. The predicted octanol–water partition coefficient (Wildman–Crippen LogP) is 4.06. The van der Waals surface area contributed by atoms with Crippen LogP contribution in [-0.2, 0) is 22.6 Å². The fraction of sp³-hybridized carbons (Fsp3) is 0.360. The van der Waals surface area contributed by atoms with E-state index in [1.807, 2.05) is 31.3 Å². The highest BCUT2D eigenvalue weighted by atomic mass is 19.1. The summed E-state index contributed by atoms with van der Waals surface area (Å²) in [6, 6.07) is 14.6. The highest BCUT2D eigenvalue weighted by molar-refractivity contribution is 5.85. The lowest BCUT2D eigenvalue weighted by molar-refractivity contribution is -0.142. The van der Waals surface area contributed by atoms with Gasteiger partial charge in [-0.15, -0.1) is 0 Å². The first-order chi connectivity index (χ1) is 14.9. The summed E-state index contributed by atoms with van der Waals surface area (Å²) < 4.78 is 13.4. The van der Waals surface area contributed by atoms with Crippen LogP contribution < -0.4 is 0 Å². The van der Waals surface area contributed by atoms with Crippen LogP contribution in [0.1, 0.15) is 29.7 Å². The number of hydrogen-bond acceptors (Lipinski definition) is 2. The van der Waals surface area contributed by atoms with Crippen molar-refractivity contribution in [1.82, 2.24) is 14.8 Å². The molecule has 2 aromatic carbocycles. The van der Waals surface area contributed by atoms with E-state index in [0.717, 1.165) is 22.3 Å². The zero-order valence-electron chi connectivity index (χ0n) is 18.0. The molecule has 1 aliphatic heterocycles. The van der Waals surface area contributed by atoms with Gasteiger partial charge in [0.2, 0.25) is 11.8 Å². The molecule has 0 radical (unpaired) electrons. The van der Waals surface area contributed by atoms with Crippen molar-refractivity contribution in [2.24, 2.45) is 5.92 Å². The highest BCUT2D eigenvalue weighted by Crippen LogP contribution is 2.24. The SMILES string of the molecule is Cc1c(CN(C)C(=O)[C@@H]2CCC(=O)N(CCc3cccc(F)c3)C2)[nH]c2ccccc12. The van der Waals surface area contributed by atoms with Gasteiger partial charge in [0, 0.05) is 43.2 Å². The molecule has 5 nitrogen and oxygen atoms in total. The Bertz CT molecular complexity index is 1110. The fourth-order valence-corrected chi connectivity index (χ4v) is 4.41. The van der Waals surface area contributed by atoms with Crippen molar-refractivity contribution in [2.45, 2.75) is 32.7 Å². The van der Waals surface area contributed by atoms with E-state index < -0.39 is 0 Å². The molecule has 6 heteroatoms. The Morgan fingerprint density at radius 3 is 2.81 bits per heavy atom. The lowest BCUT2D eigenvalue weighted by Gasteiger charge is -2.34. The molecular formula is C25H28FN3O2. The van der Waals surface area contributed by atoms with Crippen LogP contribution in [0.4, 0.5) is 4.39 Å². The van der Waals surface area contributed by atoms with Gasteiger partial charge in [0.25, 0.3) is 0 Å². The molecule has 3 aromatic rings. The third-order valence-electron chi connectivity index (χ3n) is 6.25. The summed E-state index contributed by atoms with van der Waals surface area (Å²) in [5.41, 5.74) is 4.12. The van der Waals surface area contributed by atoms with Gasteiger partial charge in [0.05, 0.1) is 12.5 Å². The second-order valence-corrected chi connectivity index (χ2v) is 8.42. The zero-order chi connectivity index (χ0) is 22.0. The van der Waals surface area contributed by atoms with Gasteiger partial charge in [0.15, 0.2) is 0 Å². The third kappa shape index (κ3) is 4.63. The first kappa shape index (κ1) is 21.1. The smallest absolute Gasteiger partial charge is 0.227 e. The number of nitrogens with zero attached hydrogens (tertiary/aromatic N) is 2. The number of carbonyl (C=O) groups excluding carboxylic acids is 2. The van der Waals surface area contributed by atoms with Crippen molar-refractivity contribution >= 4 is 22.7 Å². The average molecular weight is 422 g/mol. The molecule has 0 spiro atoms. The Balaban J connectivity index is 1.39. The quantitative estimate of drug-likeness (QED) is 0.653. The fourth-order valence-electron chi connectivity index (χ4n) is 4.41. The van der Waals surface area contributed by atoms with Crippen LogP contribution in [-0.4, -0.2) is 46.7 Å². The summed E-state index contributed by atoms with van der Waals surface area (Å²) in [7, 11) is 1.82. The zero-order valence-corrected chi connectivity index (χ0v) is 18.0. The first-order valence-corrected chi connectivity index (χ1v) is 10.8. The van der Waals surface area contributed by atoms with Gasteiger partial charge in [-0.1, -0.05) is 30.3 Å².